The summed E-state index contributed by atoms with van der Waals surface area (Å²) in [5.74, 6) is 0.430. The third-order valence-electron chi connectivity index (χ3n) is 3.18. The van der Waals surface area contributed by atoms with Crippen LogP contribution in [0.3, 0.4) is 0 Å². The van der Waals surface area contributed by atoms with Crippen molar-refractivity contribution in [2.45, 2.75) is 53.6 Å². The lowest BCUT2D eigenvalue weighted by Gasteiger charge is -2.03. The van der Waals surface area contributed by atoms with Gasteiger partial charge in [-0.1, -0.05) is 25.2 Å². The minimum absolute atomic E-state index is 0.430. The van der Waals surface area contributed by atoms with Crippen LogP contribution in [-0.2, 0) is 13.1 Å². The Labute approximate surface area is 118 Å². The molecule has 0 saturated heterocycles. The predicted molar refractivity (Wildman–Crippen MR) is 78.7 cm³/mol. The number of aryl methyl sites for hydroxylation is 2. The smallest absolute Gasteiger partial charge is 0.205 e. The van der Waals surface area contributed by atoms with Crippen LogP contribution in [0.15, 0.2) is 0 Å². The zero-order chi connectivity index (χ0) is 14.0. The lowest BCUT2D eigenvalue weighted by molar-refractivity contribution is 0.633. The molecule has 6 heteroatoms. The van der Waals surface area contributed by atoms with Crippen molar-refractivity contribution in [3.05, 3.63) is 22.0 Å². The number of anilines is 1. The third kappa shape index (κ3) is 2.94. The molecule has 5 nitrogen and oxygen atoms in total. The van der Waals surface area contributed by atoms with Gasteiger partial charge in [0, 0.05) is 30.3 Å². The fraction of sp³-hybridized carbons (Fsp3) is 0.615. The van der Waals surface area contributed by atoms with Crippen LogP contribution >= 0.6 is 11.3 Å². The Kier molecular flexibility index (Phi) is 4.19. The van der Waals surface area contributed by atoms with Crippen molar-refractivity contribution in [2.24, 2.45) is 0 Å². The summed E-state index contributed by atoms with van der Waals surface area (Å²) in [4.78, 5) is 0. The van der Waals surface area contributed by atoms with Crippen molar-refractivity contribution < 1.29 is 0 Å². The highest BCUT2D eigenvalue weighted by atomic mass is 32.1. The van der Waals surface area contributed by atoms with Crippen LogP contribution < -0.4 is 5.32 Å². The second-order valence-electron chi connectivity index (χ2n) is 4.92. The molecule has 0 amide bonds. The molecule has 0 radical (unpaired) electrons. The van der Waals surface area contributed by atoms with E-state index in [1.54, 1.807) is 11.3 Å². The van der Waals surface area contributed by atoms with Crippen molar-refractivity contribution in [2.75, 3.05) is 5.32 Å². The quantitative estimate of drug-likeness (QED) is 0.913. The molecule has 2 heterocycles. The van der Waals surface area contributed by atoms with Gasteiger partial charge in [-0.25, -0.2) is 0 Å². The average molecular weight is 279 g/mol. The zero-order valence-electron chi connectivity index (χ0n) is 12.2. The molecule has 0 aliphatic heterocycles. The van der Waals surface area contributed by atoms with Crippen LogP contribution in [-0.4, -0.2) is 20.0 Å². The molecule has 0 fully saturated rings. The summed E-state index contributed by atoms with van der Waals surface area (Å²) < 4.78 is 2.03. The van der Waals surface area contributed by atoms with Crippen LogP contribution in [0.4, 0.5) is 5.13 Å². The lowest BCUT2D eigenvalue weighted by Crippen LogP contribution is -2.03. The number of hydrogen-bond donors (Lipinski definition) is 1. The molecule has 2 rings (SSSR count). The highest BCUT2D eigenvalue weighted by molar-refractivity contribution is 7.15. The molecule has 0 bridgehead atoms. The molecule has 0 aliphatic carbocycles. The van der Waals surface area contributed by atoms with E-state index in [0.717, 1.165) is 28.9 Å². The molecule has 104 valence electrons. The van der Waals surface area contributed by atoms with Gasteiger partial charge in [-0.3, -0.25) is 4.68 Å². The van der Waals surface area contributed by atoms with Crippen LogP contribution in [0.1, 0.15) is 48.6 Å². The second kappa shape index (κ2) is 5.69. The van der Waals surface area contributed by atoms with Crippen molar-refractivity contribution >= 4 is 16.5 Å². The van der Waals surface area contributed by atoms with E-state index in [1.165, 1.54) is 11.3 Å². The minimum Gasteiger partial charge on any atom is -0.356 e. The summed E-state index contributed by atoms with van der Waals surface area (Å²) in [7, 11) is 0. The summed E-state index contributed by atoms with van der Waals surface area (Å²) in [6.07, 6.45) is 0. The molecule has 0 aliphatic rings. The molecule has 0 spiro atoms. The molecule has 0 aromatic carbocycles. The standard InChI is InChI=1S/C13H21N5S/c1-6-18-10(5)11(9(4)17-18)7-14-13-16-15-12(19-13)8(2)3/h8H,6-7H2,1-5H3,(H,14,16). The molecule has 0 atom stereocenters. The van der Waals surface area contributed by atoms with E-state index in [0.29, 0.717) is 5.92 Å². The first-order valence-electron chi connectivity index (χ1n) is 6.63. The largest absolute Gasteiger partial charge is 0.356 e. The van der Waals surface area contributed by atoms with Crippen molar-refractivity contribution in [3.8, 4) is 0 Å². The average Bonchev–Trinajstić information content (AvgIpc) is 2.93. The first-order chi connectivity index (χ1) is 9.02. The van der Waals surface area contributed by atoms with Gasteiger partial charge in [0.15, 0.2) is 0 Å². The summed E-state index contributed by atoms with van der Waals surface area (Å²) in [5, 5.41) is 18.2. The van der Waals surface area contributed by atoms with Crippen LogP contribution in [0.5, 0.6) is 0 Å². The molecule has 2 aromatic heterocycles. The topological polar surface area (TPSA) is 55.6 Å². The van der Waals surface area contributed by atoms with E-state index < -0.39 is 0 Å². The number of aromatic nitrogens is 4. The SMILES string of the molecule is CCn1nc(C)c(CNc2nnc(C(C)C)s2)c1C. The summed E-state index contributed by atoms with van der Waals surface area (Å²) in [6, 6.07) is 0. The van der Waals surface area contributed by atoms with Gasteiger partial charge >= 0.3 is 0 Å². The van der Waals surface area contributed by atoms with Gasteiger partial charge in [-0.15, -0.1) is 10.2 Å². The number of nitrogens with one attached hydrogen (secondary N) is 1. The number of hydrogen-bond acceptors (Lipinski definition) is 5. The van der Waals surface area contributed by atoms with Crippen LogP contribution in [0.25, 0.3) is 0 Å². The number of rotatable bonds is 5. The van der Waals surface area contributed by atoms with Crippen LogP contribution in [0, 0.1) is 13.8 Å². The van der Waals surface area contributed by atoms with Gasteiger partial charge < -0.3 is 5.32 Å². The fourth-order valence-corrected chi connectivity index (χ4v) is 2.74. The van der Waals surface area contributed by atoms with E-state index >= 15 is 0 Å². The normalized spacial score (nSPS) is 11.3. The molecule has 19 heavy (non-hydrogen) atoms. The highest BCUT2D eigenvalue weighted by Gasteiger charge is 2.12. The Morgan fingerprint density at radius 3 is 2.53 bits per heavy atom. The van der Waals surface area contributed by atoms with E-state index in [4.69, 9.17) is 0 Å². The predicted octanol–water partition coefficient (Wildman–Crippen LogP) is 3.11. The second-order valence-corrected chi connectivity index (χ2v) is 5.93. The van der Waals surface area contributed by atoms with E-state index in [1.807, 2.05) is 4.68 Å². The van der Waals surface area contributed by atoms with Crippen LogP contribution in [0.2, 0.25) is 0 Å². The van der Waals surface area contributed by atoms with Gasteiger partial charge in [0.25, 0.3) is 0 Å². The van der Waals surface area contributed by atoms with Gasteiger partial charge in [-0.2, -0.15) is 5.10 Å². The molecular weight excluding hydrogens is 258 g/mol. The molecule has 2 aromatic rings. The Morgan fingerprint density at radius 2 is 2.00 bits per heavy atom. The highest BCUT2D eigenvalue weighted by Crippen LogP contribution is 2.23. The van der Waals surface area contributed by atoms with Gasteiger partial charge in [0.05, 0.1) is 5.69 Å². The maximum absolute atomic E-state index is 4.52. The summed E-state index contributed by atoms with van der Waals surface area (Å²) in [5.41, 5.74) is 3.56. The maximum atomic E-state index is 4.52. The van der Waals surface area contributed by atoms with E-state index in [-0.39, 0.29) is 0 Å². The van der Waals surface area contributed by atoms with E-state index in [9.17, 15) is 0 Å². The van der Waals surface area contributed by atoms with Gasteiger partial charge in [0.2, 0.25) is 5.13 Å². The maximum Gasteiger partial charge on any atom is 0.205 e. The molecular formula is C13H21N5S. The molecule has 0 unspecified atom stereocenters. The Balaban J connectivity index is 2.07. The van der Waals surface area contributed by atoms with Crippen molar-refractivity contribution in [1.29, 1.82) is 0 Å². The molecule has 0 saturated carbocycles. The molecule has 1 N–H and O–H groups in total. The fourth-order valence-electron chi connectivity index (χ4n) is 2.00. The lowest BCUT2D eigenvalue weighted by atomic mass is 10.2. The first kappa shape index (κ1) is 14.0. The Hall–Kier alpha value is -1.43. The zero-order valence-corrected chi connectivity index (χ0v) is 13.0. The van der Waals surface area contributed by atoms with E-state index in [2.05, 4.69) is 55.2 Å². The monoisotopic (exact) mass is 279 g/mol. The van der Waals surface area contributed by atoms with Gasteiger partial charge in [-0.05, 0) is 20.8 Å². The Morgan fingerprint density at radius 1 is 1.26 bits per heavy atom. The van der Waals surface area contributed by atoms with Crippen molar-refractivity contribution in [3.63, 3.8) is 0 Å². The number of nitrogens with zero attached hydrogens (tertiary/aromatic N) is 4. The summed E-state index contributed by atoms with van der Waals surface area (Å²) >= 11 is 1.62. The van der Waals surface area contributed by atoms with Gasteiger partial charge in [0.1, 0.15) is 5.01 Å². The first-order valence-corrected chi connectivity index (χ1v) is 7.44. The summed E-state index contributed by atoms with van der Waals surface area (Å²) in [6.45, 7) is 12.2. The van der Waals surface area contributed by atoms with Crippen molar-refractivity contribution in [1.82, 2.24) is 20.0 Å². The third-order valence-corrected chi connectivity index (χ3v) is 4.36. The Bertz CT molecular complexity index is 555. The minimum atomic E-state index is 0.430.